The summed E-state index contributed by atoms with van der Waals surface area (Å²) in [6.45, 7) is 10.7. The number of likely N-dealkylation sites (tertiary alicyclic amines) is 1. The average Bonchev–Trinajstić information content (AvgIpc) is 2.35. The monoisotopic (exact) mass is 339 g/mol. The topological polar surface area (TPSA) is 72.9 Å². The van der Waals surface area contributed by atoms with Crippen LogP contribution in [-0.4, -0.2) is 40.1 Å². The number of nitrogens with zero attached hydrogens (tertiary/aromatic N) is 1. The maximum absolute atomic E-state index is 12.8. The summed E-state index contributed by atoms with van der Waals surface area (Å²) in [4.78, 5) is 38.5. The first kappa shape index (κ1) is 18.7. The molecule has 1 aliphatic carbocycles. The molecule has 6 heteroatoms. The smallest absolute Gasteiger partial charge is 0.417 e. The zero-order chi connectivity index (χ0) is 18.3. The third kappa shape index (κ3) is 3.73. The molecule has 24 heavy (non-hydrogen) atoms. The van der Waals surface area contributed by atoms with Crippen LogP contribution in [0.5, 0.6) is 0 Å². The van der Waals surface area contributed by atoms with E-state index in [1.54, 1.807) is 41.5 Å². The molecule has 0 spiro atoms. The van der Waals surface area contributed by atoms with E-state index in [0.717, 1.165) is 12.8 Å². The second kappa shape index (κ2) is 6.05. The second-order valence-electron chi connectivity index (χ2n) is 8.84. The molecule has 0 aromatic rings. The van der Waals surface area contributed by atoms with Gasteiger partial charge in [-0.2, -0.15) is 0 Å². The van der Waals surface area contributed by atoms with Gasteiger partial charge >= 0.3 is 12.1 Å². The number of ether oxygens (including phenoxy) is 2. The van der Waals surface area contributed by atoms with Gasteiger partial charge < -0.3 is 9.47 Å². The van der Waals surface area contributed by atoms with Gasteiger partial charge in [-0.15, -0.1) is 0 Å². The lowest BCUT2D eigenvalue weighted by Crippen LogP contribution is -2.72. The minimum Gasteiger partial charge on any atom is -0.460 e. The number of hydrogen-bond donors (Lipinski definition) is 0. The van der Waals surface area contributed by atoms with Crippen molar-refractivity contribution in [1.29, 1.82) is 0 Å². The van der Waals surface area contributed by atoms with Gasteiger partial charge in [-0.1, -0.05) is 12.8 Å². The fraction of sp³-hybridized carbons (Fsp3) is 0.833. The van der Waals surface area contributed by atoms with Gasteiger partial charge in [0.1, 0.15) is 11.2 Å². The SMILES string of the molecule is CC(C)(C)OC(=O)C[C@]12CCCC[C@H]1N(C(=O)OC(C)(C)C)C2=O. The van der Waals surface area contributed by atoms with Crippen molar-refractivity contribution >= 4 is 18.0 Å². The van der Waals surface area contributed by atoms with E-state index in [9.17, 15) is 14.4 Å². The van der Waals surface area contributed by atoms with Gasteiger partial charge in [0.2, 0.25) is 5.91 Å². The van der Waals surface area contributed by atoms with Gasteiger partial charge in [-0.3, -0.25) is 9.59 Å². The molecule has 1 saturated heterocycles. The highest BCUT2D eigenvalue weighted by Crippen LogP contribution is 2.52. The Morgan fingerprint density at radius 3 is 2.21 bits per heavy atom. The molecule has 0 aromatic carbocycles. The van der Waals surface area contributed by atoms with E-state index in [0.29, 0.717) is 12.8 Å². The van der Waals surface area contributed by atoms with Crippen LogP contribution in [0.4, 0.5) is 4.79 Å². The summed E-state index contributed by atoms with van der Waals surface area (Å²) in [6, 6.07) is -0.263. The van der Waals surface area contributed by atoms with E-state index in [1.807, 2.05) is 0 Å². The Morgan fingerprint density at radius 1 is 1.08 bits per heavy atom. The van der Waals surface area contributed by atoms with Crippen LogP contribution in [0.2, 0.25) is 0 Å². The molecule has 2 aliphatic rings. The van der Waals surface area contributed by atoms with Crippen molar-refractivity contribution in [2.24, 2.45) is 5.41 Å². The summed E-state index contributed by atoms with van der Waals surface area (Å²) < 4.78 is 10.7. The molecule has 2 rings (SSSR count). The second-order valence-corrected chi connectivity index (χ2v) is 8.84. The van der Waals surface area contributed by atoms with Crippen LogP contribution in [0.25, 0.3) is 0 Å². The largest absolute Gasteiger partial charge is 0.460 e. The summed E-state index contributed by atoms with van der Waals surface area (Å²) in [5, 5.41) is 0. The van der Waals surface area contributed by atoms with Gasteiger partial charge in [0, 0.05) is 0 Å². The lowest BCUT2D eigenvalue weighted by molar-refractivity contribution is -0.184. The Labute approximate surface area is 143 Å². The van der Waals surface area contributed by atoms with Crippen molar-refractivity contribution < 1.29 is 23.9 Å². The predicted octanol–water partition coefficient (Wildman–Crippen LogP) is 3.42. The molecule has 2 fully saturated rings. The molecular formula is C18H29NO5. The Hall–Kier alpha value is -1.59. The summed E-state index contributed by atoms with van der Waals surface area (Å²) in [5.74, 6) is -0.682. The molecule has 0 N–H and O–H groups in total. The van der Waals surface area contributed by atoms with Crippen molar-refractivity contribution in [1.82, 2.24) is 4.90 Å². The molecule has 1 saturated carbocycles. The van der Waals surface area contributed by atoms with Crippen LogP contribution >= 0.6 is 0 Å². The maximum Gasteiger partial charge on any atom is 0.417 e. The standard InChI is InChI=1S/C18H29NO5/c1-16(2,3)23-13(20)11-18-10-8-7-9-12(18)19(14(18)21)15(22)24-17(4,5)6/h12H,7-11H2,1-6H3/t12-,18-/m1/s1. The molecular weight excluding hydrogens is 310 g/mol. The molecule has 0 unspecified atom stereocenters. The number of carbonyl (C=O) groups is 3. The summed E-state index contributed by atoms with van der Waals surface area (Å²) in [7, 11) is 0. The van der Waals surface area contributed by atoms with E-state index >= 15 is 0 Å². The lowest BCUT2D eigenvalue weighted by Gasteiger charge is -2.56. The van der Waals surface area contributed by atoms with Gasteiger partial charge in [-0.05, 0) is 54.4 Å². The number of esters is 1. The molecule has 2 amide bonds. The fourth-order valence-corrected chi connectivity index (χ4v) is 3.60. The Kier molecular flexibility index (Phi) is 4.72. The first-order chi connectivity index (χ1) is 10.9. The van der Waals surface area contributed by atoms with Crippen LogP contribution in [0.15, 0.2) is 0 Å². The molecule has 2 atom stereocenters. The maximum atomic E-state index is 12.8. The number of carbonyl (C=O) groups excluding carboxylic acids is 3. The molecule has 1 aliphatic heterocycles. The zero-order valence-corrected chi connectivity index (χ0v) is 15.6. The number of amides is 2. The highest BCUT2D eigenvalue weighted by Gasteiger charge is 2.64. The number of rotatable bonds is 2. The molecule has 0 radical (unpaired) electrons. The Bertz CT molecular complexity index is 543. The van der Waals surface area contributed by atoms with E-state index in [4.69, 9.17) is 9.47 Å². The first-order valence-electron chi connectivity index (χ1n) is 8.64. The lowest BCUT2D eigenvalue weighted by atomic mass is 9.61. The predicted molar refractivity (Wildman–Crippen MR) is 88.2 cm³/mol. The molecule has 0 aromatic heterocycles. The van der Waals surface area contributed by atoms with Crippen LogP contribution < -0.4 is 0 Å². The van der Waals surface area contributed by atoms with E-state index in [-0.39, 0.29) is 24.3 Å². The molecule has 6 nitrogen and oxygen atoms in total. The summed E-state index contributed by atoms with van der Waals surface area (Å²) in [6.07, 6.45) is 2.58. The van der Waals surface area contributed by atoms with Crippen molar-refractivity contribution in [3.8, 4) is 0 Å². The highest BCUT2D eigenvalue weighted by molar-refractivity contribution is 6.04. The summed E-state index contributed by atoms with van der Waals surface area (Å²) in [5.41, 5.74) is -2.04. The normalized spacial score (nSPS) is 27.2. The van der Waals surface area contributed by atoms with Gasteiger partial charge in [0.15, 0.2) is 0 Å². The number of hydrogen-bond acceptors (Lipinski definition) is 5. The molecule has 136 valence electrons. The van der Waals surface area contributed by atoms with Gasteiger partial charge in [-0.25, -0.2) is 9.69 Å². The number of fused-ring (bicyclic) bond motifs is 1. The van der Waals surface area contributed by atoms with Crippen molar-refractivity contribution in [3.63, 3.8) is 0 Å². The minimum atomic E-state index is -0.794. The highest BCUT2D eigenvalue weighted by atomic mass is 16.6. The molecule has 0 bridgehead atoms. The Balaban J connectivity index is 2.13. The average molecular weight is 339 g/mol. The summed E-state index contributed by atoms with van der Waals surface area (Å²) >= 11 is 0. The van der Waals surface area contributed by atoms with E-state index in [1.165, 1.54) is 4.90 Å². The van der Waals surface area contributed by atoms with Crippen LogP contribution in [0, 0.1) is 5.41 Å². The zero-order valence-electron chi connectivity index (χ0n) is 15.6. The fourth-order valence-electron chi connectivity index (χ4n) is 3.60. The minimum absolute atomic E-state index is 0.0348. The van der Waals surface area contributed by atoms with Crippen LogP contribution in [0.3, 0.4) is 0 Å². The van der Waals surface area contributed by atoms with Crippen molar-refractivity contribution in [3.05, 3.63) is 0 Å². The molecule has 1 heterocycles. The number of β-lactam (4-membered cyclic amide) rings is 1. The van der Waals surface area contributed by atoms with E-state index < -0.39 is 22.7 Å². The third-order valence-electron chi connectivity index (χ3n) is 4.41. The Morgan fingerprint density at radius 2 is 1.67 bits per heavy atom. The van der Waals surface area contributed by atoms with Gasteiger partial charge in [0.05, 0.1) is 17.9 Å². The van der Waals surface area contributed by atoms with E-state index in [2.05, 4.69) is 0 Å². The van der Waals surface area contributed by atoms with Gasteiger partial charge in [0.25, 0.3) is 0 Å². The van der Waals surface area contributed by atoms with Crippen molar-refractivity contribution in [2.75, 3.05) is 0 Å². The van der Waals surface area contributed by atoms with Crippen LogP contribution in [0.1, 0.15) is 73.6 Å². The quantitative estimate of drug-likeness (QED) is 0.569. The third-order valence-corrected chi connectivity index (χ3v) is 4.41. The van der Waals surface area contributed by atoms with Crippen LogP contribution in [-0.2, 0) is 19.1 Å². The van der Waals surface area contributed by atoms with Crippen molar-refractivity contribution in [2.45, 2.75) is 90.9 Å². The number of imide groups is 1. The first-order valence-corrected chi connectivity index (χ1v) is 8.64.